The van der Waals surface area contributed by atoms with Gasteiger partial charge in [0.25, 0.3) is 5.91 Å². The third-order valence-electron chi connectivity index (χ3n) is 3.41. The molecule has 0 saturated carbocycles. The number of amides is 3. The van der Waals surface area contributed by atoms with Crippen LogP contribution < -0.4 is 10.6 Å². The molecule has 0 bridgehead atoms. The molecule has 0 radical (unpaired) electrons. The normalized spacial score (nSPS) is 10.6. The van der Waals surface area contributed by atoms with E-state index in [1.807, 2.05) is 30.7 Å². The zero-order valence-electron chi connectivity index (χ0n) is 15.2. The van der Waals surface area contributed by atoms with Crippen LogP contribution in [0.4, 0.5) is 4.79 Å². The summed E-state index contributed by atoms with van der Waals surface area (Å²) in [5.74, 6) is -0.0738. The number of imide groups is 1. The Hall–Kier alpha value is -2.75. The number of thiophene rings is 1. The van der Waals surface area contributed by atoms with Gasteiger partial charge in [0.2, 0.25) is 11.7 Å². The molecule has 2 N–H and O–H groups in total. The highest BCUT2D eigenvalue weighted by atomic mass is 32.1. The molecular weight excluding hydrogens is 372 g/mol. The summed E-state index contributed by atoms with van der Waals surface area (Å²) in [6.07, 6.45) is 0.993. The third-order valence-corrected chi connectivity index (χ3v) is 4.10. The summed E-state index contributed by atoms with van der Waals surface area (Å²) in [6.45, 7) is 4.00. The number of aryl methyl sites for hydroxylation is 1. The van der Waals surface area contributed by atoms with Crippen LogP contribution in [0.2, 0.25) is 0 Å². The molecule has 2 heterocycles. The minimum absolute atomic E-state index is 0.0147. The van der Waals surface area contributed by atoms with Gasteiger partial charge in [-0.3, -0.25) is 14.9 Å². The van der Waals surface area contributed by atoms with Crippen molar-refractivity contribution in [1.82, 2.24) is 20.8 Å². The minimum Gasteiger partial charge on any atom is -0.456 e. The Morgan fingerprint density at radius 2 is 2.15 bits per heavy atom. The fourth-order valence-corrected chi connectivity index (χ4v) is 2.61. The number of aromatic nitrogens is 2. The van der Waals surface area contributed by atoms with Gasteiger partial charge in [0.05, 0.1) is 6.42 Å². The molecular formula is C17H22N4O5S. The number of carbonyl (C=O) groups is 3. The van der Waals surface area contributed by atoms with Gasteiger partial charge in [-0.2, -0.15) is 16.3 Å². The number of nitrogens with zero attached hydrogens (tertiary/aromatic N) is 2. The largest absolute Gasteiger partial charge is 0.456 e. The van der Waals surface area contributed by atoms with Crippen molar-refractivity contribution in [3.05, 3.63) is 22.7 Å². The predicted octanol–water partition coefficient (Wildman–Crippen LogP) is 2.15. The highest BCUT2D eigenvalue weighted by molar-refractivity contribution is 7.08. The van der Waals surface area contributed by atoms with Crippen molar-refractivity contribution in [1.29, 1.82) is 0 Å². The van der Waals surface area contributed by atoms with Crippen LogP contribution in [0.15, 0.2) is 21.3 Å². The third kappa shape index (κ3) is 7.57. The van der Waals surface area contributed by atoms with Gasteiger partial charge < -0.3 is 14.6 Å². The van der Waals surface area contributed by atoms with E-state index in [1.54, 1.807) is 0 Å². The molecule has 0 fully saturated rings. The lowest BCUT2D eigenvalue weighted by atomic mass is 10.1. The zero-order chi connectivity index (χ0) is 19.6. The van der Waals surface area contributed by atoms with Gasteiger partial charge in [0, 0.05) is 23.9 Å². The molecule has 3 amide bonds. The van der Waals surface area contributed by atoms with Crippen molar-refractivity contribution in [3.8, 4) is 11.4 Å². The monoisotopic (exact) mass is 394 g/mol. The van der Waals surface area contributed by atoms with Crippen molar-refractivity contribution >= 4 is 29.2 Å². The van der Waals surface area contributed by atoms with E-state index in [4.69, 9.17) is 9.26 Å². The fraction of sp³-hybridized carbons (Fsp3) is 0.471. The quantitative estimate of drug-likeness (QED) is 0.625. The van der Waals surface area contributed by atoms with Gasteiger partial charge >= 0.3 is 12.0 Å². The van der Waals surface area contributed by atoms with Gasteiger partial charge in [0.15, 0.2) is 6.61 Å². The van der Waals surface area contributed by atoms with Gasteiger partial charge in [0.1, 0.15) is 0 Å². The fourth-order valence-electron chi connectivity index (χ4n) is 1.97. The van der Waals surface area contributed by atoms with Gasteiger partial charge in [-0.05, 0) is 23.8 Å². The summed E-state index contributed by atoms with van der Waals surface area (Å²) in [5, 5.41) is 12.3. The summed E-state index contributed by atoms with van der Waals surface area (Å²) in [7, 11) is 0. The van der Waals surface area contributed by atoms with Gasteiger partial charge in [-0.1, -0.05) is 19.0 Å². The molecule has 146 valence electrons. The average Bonchev–Trinajstić information content (AvgIpc) is 3.29. The number of rotatable bonds is 9. The van der Waals surface area contributed by atoms with E-state index in [0.29, 0.717) is 24.2 Å². The molecule has 0 aliphatic carbocycles. The maximum atomic E-state index is 11.7. The van der Waals surface area contributed by atoms with E-state index < -0.39 is 24.5 Å². The molecule has 0 aliphatic rings. The lowest BCUT2D eigenvalue weighted by Gasteiger charge is -2.08. The predicted molar refractivity (Wildman–Crippen MR) is 97.9 cm³/mol. The molecule has 0 unspecified atom stereocenters. The molecule has 2 aromatic rings. The van der Waals surface area contributed by atoms with E-state index in [-0.39, 0.29) is 12.8 Å². The van der Waals surface area contributed by atoms with Crippen LogP contribution in [0.1, 0.15) is 32.6 Å². The first-order valence-corrected chi connectivity index (χ1v) is 9.46. The Morgan fingerprint density at radius 3 is 2.85 bits per heavy atom. The Kier molecular flexibility index (Phi) is 7.93. The number of hydrogen-bond donors (Lipinski definition) is 2. The molecule has 0 atom stereocenters. The second-order valence-corrected chi connectivity index (χ2v) is 6.95. The maximum absolute atomic E-state index is 11.7. The molecule has 2 aromatic heterocycles. The van der Waals surface area contributed by atoms with Crippen molar-refractivity contribution < 1.29 is 23.6 Å². The second-order valence-electron chi connectivity index (χ2n) is 6.17. The minimum atomic E-state index is -0.692. The van der Waals surface area contributed by atoms with E-state index in [2.05, 4.69) is 20.8 Å². The zero-order valence-corrected chi connectivity index (χ0v) is 16.0. The van der Waals surface area contributed by atoms with Crippen LogP contribution in [-0.4, -0.2) is 41.2 Å². The summed E-state index contributed by atoms with van der Waals surface area (Å²) < 4.78 is 9.90. The molecule has 0 aliphatic heterocycles. The van der Waals surface area contributed by atoms with Crippen molar-refractivity contribution in [3.63, 3.8) is 0 Å². The van der Waals surface area contributed by atoms with Crippen LogP contribution >= 0.6 is 11.3 Å². The summed E-state index contributed by atoms with van der Waals surface area (Å²) >= 11 is 1.52. The Labute approximate surface area is 160 Å². The number of hydrogen-bond acceptors (Lipinski definition) is 8. The summed E-state index contributed by atoms with van der Waals surface area (Å²) in [6, 6.07) is 1.26. The van der Waals surface area contributed by atoms with Crippen LogP contribution in [0.25, 0.3) is 11.4 Å². The summed E-state index contributed by atoms with van der Waals surface area (Å²) in [5.41, 5.74) is 0.848. The molecule has 9 nitrogen and oxygen atoms in total. The number of nitrogens with one attached hydrogen (secondary N) is 2. The topological polar surface area (TPSA) is 123 Å². The Balaban J connectivity index is 1.63. The highest BCUT2D eigenvalue weighted by Crippen LogP contribution is 2.18. The second kappa shape index (κ2) is 10.4. The van der Waals surface area contributed by atoms with Gasteiger partial charge in [-0.15, -0.1) is 0 Å². The first kappa shape index (κ1) is 20.6. The van der Waals surface area contributed by atoms with Crippen LogP contribution in [-0.2, 0) is 20.7 Å². The molecule has 0 saturated heterocycles. The Bertz CT molecular complexity index is 757. The molecule has 0 spiro atoms. The number of carbonyl (C=O) groups excluding carboxylic acids is 3. The molecule has 0 aromatic carbocycles. The number of ether oxygens (including phenoxy) is 1. The highest BCUT2D eigenvalue weighted by Gasteiger charge is 2.14. The first-order valence-electron chi connectivity index (χ1n) is 8.52. The van der Waals surface area contributed by atoms with Gasteiger partial charge in [-0.25, -0.2) is 4.79 Å². The number of urea groups is 1. The number of esters is 1. The van der Waals surface area contributed by atoms with Crippen LogP contribution in [0.3, 0.4) is 0 Å². The average molecular weight is 394 g/mol. The van der Waals surface area contributed by atoms with Crippen molar-refractivity contribution in [2.45, 2.75) is 33.1 Å². The van der Waals surface area contributed by atoms with E-state index in [0.717, 1.165) is 12.0 Å². The SMILES string of the molecule is CC(C)CCNC(=O)NC(=O)COC(=O)CCc1nc(-c2ccsc2)no1. The van der Waals surface area contributed by atoms with Crippen molar-refractivity contribution in [2.24, 2.45) is 5.92 Å². The Morgan fingerprint density at radius 1 is 1.33 bits per heavy atom. The molecule has 10 heteroatoms. The lowest BCUT2D eigenvalue weighted by Crippen LogP contribution is -2.42. The first-order chi connectivity index (χ1) is 12.9. The smallest absolute Gasteiger partial charge is 0.321 e. The maximum Gasteiger partial charge on any atom is 0.321 e. The molecule has 27 heavy (non-hydrogen) atoms. The molecule has 2 rings (SSSR count). The van der Waals surface area contributed by atoms with Crippen LogP contribution in [0, 0.1) is 5.92 Å². The lowest BCUT2D eigenvalue weighted by molar-refractivity contribution is -0.148. The van der Waals surface area contributed by atoms with E-state index in [9.17, 15) is 14.4 Å². The standard InChI is InChI=1S/C17H22N4O5S/c1-11(2)5-7-18-17(24)19-13(22)9-25-15(23)4-3-14-20-16(21-26-14)12-6-8-27-10-12/h6,8,10-11H,3-5,7,9H2,1-2H3,(H2,18,19,22,24). The van der Waals surface area contributed by atoms with E-state index in [1.165, 1.54) is 11.3 Å². The van der Waals surface area contributed by atoms with Crippen LogP contribution in [0.5, 0.6) is 0 Å². The van der Waals surface area contributed by atoms with E-state index >= 15 is 0 Å². The summed E-state index contributed by atoms with van der Waals surface area (Å²) in [4.78, 5) is 38.9. The van der Waals surface area contributed by atoms with Crippen molar-refractivity contribution in [2.75, 3.05) is 13.2 Å².